The fourth-order valence-corrected chi connectivity index (χ4v) is 6.64. The van der Waals surface area contributed by atoms with Crippen LogP contribution in [-0.2, 0) is 0 Å². The van der Waals surface area contributed by atoms with Gasteiger partial charge < -0.3 is 10.2 Å². The number of aromatic nitrogens is 9. The topological polar surface area (TPSA) is 163 Å². The zero-order valence-corrected chi connectivity index (χ0v) is 21.4. The highest BCUT2D eigenvalue weighted by Crippen LogP contribution is 2.45. The van der Waals surface area contributed by atoms with Crippen molar-refractivity contribution in [2.75, 3.05) is 11.9 Å². The molecule has 3 aliphatic heterocycles. The zero-order valence-electron chi connectivity index (χ0n) is 21.4. The largest absolute Gasteiger partial charge is 0.369 e. The number of fused-ring (bicyclic) bond motifs is 5. The van der Waals surface area contributed by atoms with Gasteiger partial charge in [-0.1, -0.05) is 6.07 Å². The lowest BCUT2D eigenvalue weighted by Gasteiger charge is -2.39. The van der Waals surface area contributed by atoms with Crippen molar-refractivity contribution in [2.24, 2.45) is 0 Å². The average Bonchev–Trinajstić information content (AvgIpc) is 3.80. The number of anilines is 1. The molecule has 5 aromatic rings. The molecule has 3 N–H and O–H groups in total. The minimum Gasteiger partial charge on any atom is -0.369 e. The van der Waals surface area contributed by atoms with Gasteiger partial charge in [-0.15, -0.1) is 0 Å². The molecule has 2 bridgehead atoms. The Morgan fingerprint density at radius 1 is 1.00 bits per heavy atom. The number of nitrogens with zero attached hydrogens (tertiary/aromatic N) is 8. The molecule has 0 aliphatic carbocycles. The Labute approximate surface area is 227 Å². The van der Waals surface area contributed by atoms with Crippen LogP contribution in [0, 0.1) is 0 Å². The van der Waals surface area contributed by atoms with Gasteiger partial charge in [-0.05, 0) is 37.8 Å². The van der Waals surface area contributed by atoms with Gasteiger partial charge in [0.1, 0.15) is 12.1 Å². The molecular formula is C27H25N11O2. The summed E-state index contributed by atoms with van der Waals surface area (Å²) < 4.78 is 1.74. The first kappa shape index (κ1) is 23.0. The summed E-state index contributed by atoms with van der Waals surface area (Å²) in [6, 6.07) is 5.92. The van der Waals surface area contributed by atoms with Crippen LogP contribution in [0.3, 0.4) is 0 Å². The lowest BCUT2D eigenvalue weighted by molar-refractivity contribution is 0.0556. The third-order valence-electron chi connectivity index (χ3n) is 8.42. The summed E-state index contributed by atoms with van der Waals surface area (Å²) in [5.74, 6) is 0.964. The van der Waals surface area contributed by atoms with Crippen molar-refractivity contribution in [3.8, 4) is 22.5 Å². The summed E-state index contributed by atoms with van der Waals surface area (Å²) in [4.78, 5) is 42.3. The van der Waals surface area contributed by atoms with Gasteiger partial charge in [-0.3, -0.25) is 24.8 Å². The molecule has 2 atom stereocenters. The SMILES string of the molecule is O=C1CCNc2c1c(C1CC3CCC(C1)N3C(=O)c1ncn[nH]1)nc1c(-c3ccc(-c4ccn[nH]4)nc3)cnn21. The van der Waals surface area contributed by atoms with E-state index in [0.717, 1.165) is 53.9 Å². The summed E-state index contributed by atoms with van der Waals surface area (Å²) in [5, 5.41) is 21.5. The van der Waals surface area contributed by atoms with E-state index in [1.807, 2.05) is 23.1 Å². The maximum Gasteiger partial charge on any atom is 0.291 e. The number of ketones is 1. The number of H-pyrrole nitrogens is 2. The van der Waals surface area contributed by atoms with Crippen molar-refractivity contribution in [1.29, 1.82) is 0 Å². The van der Waals surface area contributed by atoms with Crippen molar-refractivity contribution in [3.05, 3.63) is 60.2 Å². The quantitative estimate of drug-likeness (QED) is 0.314. The maximum atomic E-state index is 13.3. The molecule has 8 heterocycles. The Balaban J connectivity index is 1.19. The monoisotopic (exact) mass is 535 g/mol. The van der Waals surface area contributed by atoms with Gasteiger partial charge in [0.15, 0.2) is 11.4 Å². The fourth-order valence-electron chi connectivity index (χ4n) is 6.64. The number of rotatable bonds is 4. The molecule has 1 amide bonds. The lowest BCUT2D eigenvalue weighted by atomic mass is 9.84. The molecule has 0 spiro atoms. The molecule has 0 saturated carbocycles. The number of carbonyl (C=O) groups is 2. The van der Waals surface area contributed by atoms with E-state index in [1.165, 1.54) is 6.33 Å². The van der Waals surface area contributed by atoms with Gasteiger partial charge in [0.25, 0.3) is 5.91 Å². The first-order valence-electron chi connectivity index (χ1n) is 13.5. The molecule has 2 fully saturated rings. The van der Waals surface area contributed by atoms with Gasteiger partial charge in [0.2, 0.25) is 5.82 Å². The van der Waals surface area contributed by atoms with Crippen LogP contribution < -0.4 is 5.32 Å². The normalized spacial score (nSPS) is 21.9. The van der Waals surface area contributed by atoms with E-state index in [9.17, 15) is 9.59 Å². The summed E-state index contributed by atoms with van der Waals surface area (Å²) in [5.41, 5.74) is 5.46. The highest BCUT2D eigenvalue weighted by Gasteiger charge is 2.46. The van der Waals surface area contributed by atoms with Crippen molar-refractivity contribution >= 4 is 23.2 Å². The fraction of sp³-hybridized carbons (Fsp3) is 0.333. The summed E-state index contributed by atoms with van der Waals surface area (Å²) in [7, 11) is 0. The minimum atomic E-state index is -0.115. The molecule has 13 heteroatoms. The Hall–Kier alpha value is -4.94. The Bertz CT molecular complexity index is 1730. The van der Waals surface area contributed by atoms with Gasteiger partial charge in [0, 0.05) is 54.5 Å². The third-order valence-corrected chi connectivity index (χ3v) is 8.42. The van der Waals surface area contributed by atoms with Crippen LogP contribution in [0.5, 0.6) is 0 Å². The van der Waals surface area contributed by atoms with E-state index in [2.05, 4.69) is 40.8 Å². The molecule has 2 saturated heterocycles. The Morgan fingerprint density at radius 2 is 1.88 bits per heavy atom. The zero-order chi connectivity index (χ0) is 26.8. The van der Waals surface area contributed by atoms with Gasteiger partial charge in [-0.25, -0.2) is 9.97 Å². The second kappa shape index (κ2) is 8.79. The number of piperidine rings is 1. The van der Waals surface area contributed by atoms with Gasteiger partial charge >= 0.3 is 0 Å². The molecule has 13 nitrogen and oxygen atoms in total. The van der Waals surface area contributed by atoms with Crippen LogP contribution >= 0.6 is 0 Å². The summed E-state index contributed by atoms with van der Waals surface area (Å²) in [6.45, 7) is 0.551. The number of aromatic amines is 2. The summed E-state index contributed by atoms with van der Waals surface area (Å²) in [6.07, 6.45) is 10.4. The number of amides is 1. The first-order valence-corrected chi connectivity index (χ1v) is 13.5. The number of hydrogen-bond donors (Lipinski definition) is 3. The van der Waals surface area contributed by atoms with Gasteiger partial charge in [-0.2, -0.15) is 19.8 Å². The van der Waals surface area contributed by atoms with Crippen molar-refractivity contribution < 1.29 is 9.59 Å². The highest BCUT2D eigenvalue weighted by molar-refractivity contribution is 6.04. The third kappa shape index (κ3) is 3.46. The second-order valence-electron chi connectivity index (χ2n) is 10.6. The molecular weight excluding hydrogens is 510 g/mol. The predicted molar refractivity (Wildman–Crippen MR) is 143 cm³/mol. The van der Waals surface area contributed by atoms with Crippen LogP contribution in [0.25, 0.3) is 28.2 Å². The predicted octanol–water partition coefficient (Wildman–Crippen LogP) is 2.85. The minimum absolute atomic E-state index is 0.0440. The molecule has 0 radical (unpaired) electrons. The van der Waals surface area contributed by atoms with Crippen LogP contribution in [0.15, 0.2) is 43.1 Å². The average molecular weight is 536 g/mol. The van der Waals surface area contributed by atoms with Crippen LogP contribution in [0.2, 0.25) is 0 Å². The second-order valence-corrected chi connectivity index (χ2v) is 10.6. The molecule has 40 heavy (non-hydrogen) atoms. The van der Waals surface area contributed by atoms with Crippen LogP contribution in [-0.4, -0.2) is 80.2 Å². The van der Waals surface area contributed by atoms with Crippen LogP contribution in [0.1, 0.15) is 64.7 Å². The maximum absolute atomic E-state index is 13.3. The standard InChI is InChI=1S/C27H25N11O2/c39-21-6-7-28-26-22(21)23(15-9-16-2-3-17(10-15)37(16)27(40)24-30-13-32-36-24)34-25-18(12-33-38(25)26)14-1-4-19(29-11-14)20-5-8-31-35-20/h1,4-5,8,11-13,15-17,28H,2-3,6-7,9-10H2,(H,31,35)(H,30,32,36). The molecule has 5 aromatic heterocycles. The molecule has 8 rings (SSSR count). The van der Waals surface area contributed by atoms with E-state index < -0.39 is 0 Å². The van der Waals surface area contributed by atoms with Crippen molar-refractivity contribution in [1.82, 2.24) is 49.9 Å². The highest BCUT2D eigenvalue weighted by atomic mass is 16.2. The number of nitrogens with one attached hydrogen (secondary N) is 3. The van der Waals surface area contributed by atoms with E-state index >= 15 is 0 Å². The van der Waals surface area contributed by atoms with E-state index in [-0.39, 0.29) is 35.5 Å². The van der Waals surface area contributed by atoms with Gasteiger partial charge in [0.05, 0.1) is 28.8 Å². The summed E-state index contributed by atoms with van der Waals surface area (Å²) >= 11 is 0. The van der Waals surface area contributed by atoms with Crippen LogP contribution in [0.4, 0.5) is 5.82 Å². The van der Waals surface area contributed by atoms with Crippen molar-refractivity contribution in [2.45, 2.75) is 50.1 Å². The first-order chi connectivity index (χ1) is 19.7. The molecule has 3 aliphatic rings. The number of Topliss-reactive ketones (excluding diaryl/α,β-unsaturated/α-hetero) is 1. The number of hydrogen-bond acceptors (Lipinski definition) is 9. The Kier molecular flexibility index (Phi) is 5.06. The Morgan fingerprint density at radius 3 is 2.60 bits per heavy atom. The lowest BCUT2D eigenvalue weighted by Crippen LogP contribution is -2.46. The number of carbonyl (C=O) groups excluding carboxylic acids is 2. The smallest absolute Gasteiger partial charge is 0.291 e. The van der Waals surface area contributed by atoms with E-state index in [1.54, 1.807) is 23.1 Å². The molecule has 200 valence electrons. The van der Waals surface area contributed by atoms with E-state index in [4.69, 9.17) is 4.98 Å². The number of pyridine rings is 1. The van der Waals surface area contributed by atoms with Crippen molar-refractivity contribution in [3.63, 3.8) is 0 Å². The molecule has 2 unspecified atom stereocenters. The molecule has 0 aromatic carbocycles. The van der Waals surface area contributed by atoms with E-state index in [0.29, 0.717) is 30.0 Å².